The summed E-state index contributed by atoms with van der Waals surface area (Å²) in [6, 6.07) is 6.86. The molecular weight excluding hydrogens is 574 g/mol. The van der Waals surface area contributed by atoms with E-state index in [1.165, 1.54) is 37.1 Å². The SMILES string of the molecule is C#Cc1c(F)ccc2cc(O)cc(-c3ncc4c(N5CC6CCC(C5)N6)nc(OCC56CCCCC5N(C)CC6)nc4c3F)c12. The molecule has 0 amide bonds. The number of halogens is 2. The molecule has 0 spiro atoms. The minimum atomic E-state index is -0.701. The zero-order valence-corrected chi connectivity index (χ0v) is 25.3. The minimum Gasteiger partial charge on any atom is -0.508 e. The van der Waals surface area contributed by atoms with E-state index in [0.717, 1.165) is 51.7 Å². The standard InChI is InChI=1S/C35H36F2N6O2/c1-3-24-27(36)10-7-20-14-23(44)15-25(29(20)24)31-30(37)32-26(16-38-31)33(43-17-21-8-9-22(18-43)39-21)41-34(40-32)45-19-35-11-5-4-6-28(35)42(2)13-12-35/h1,7,10,14-16,21-22,28,39,44H,4-6,8-9,11-13,17-19H2,2H3. The van der Waals surface area contributed by atoms with Crippen molar-refractivity contribution in [3.05, 3.63) is 47.7 Å². The number of hydrogen-bond acceptors (Lipinski definition) is 8. The zero-order valence-electron chi connectivity index (χ0n) is 25.3. The number of nitrogens with one attached hydrogen (secondary N) is 1. The second-order valence-corrected chi connectivity index (χ2v) is 13.4. The van der Waals surface area contributed by atoms with E-state index in [9.17, 15) is 9.50 Å². The van der Waals surface area contributed by atoms with Gasteiger partial charge in [0.2, 0.25) is 0 Å². The van der Waals surface area contributed by atoms with Crippen LogP contribution in [0.25, 0.3) is 32.9 Å². The van der Waals surface area contributed by atoms with E-state index < -0.39 is 11.6 Å². The number of aromatic nitrogens is 3. The van der Waals surface area contributed by atoms with Crippen molar-refractivity contribution in [3.8, 4) is 35.4 Å². The number of anilines is 1. The fourth-order valence-corrected chi connectivity index (χ4v) is 8.51. The van der Waals surface area contributed by atoms with Gasteiger partial charge in [-0.1, -0.05) is 24.8 Å². The molecule has 4 aromatic rings. The van der Waals surface area contributed by atoms with Crippen LogP contribution in [-0.2, 0) is 0 Å². The fourth-order valence-electron chi connectivity index (χ4n) is 8.51. The fraction of sp³-hybridized carbons (Fsp3) is 0.457. The average molecular weight is 611 g/mol. The van der Waals surface area contributed by atoms with Gasteiger partial charge in [0, 0.05) is 53.8 Å². The van der Waals surface area contributed by atoms with Crippen molar-refractivity contribution >= 4 is 27.5 Å². The third-order valence-electron chi connectivity index (χ3n) is 10.7. The summed E-state index contributed by atoms with van der Waals surface area (Å²) in [5.74, 6) is 1.58. The molecule has 45 heavy (non-hydrogen) atoms. The Morgan fingerprint density at radius 3 is 2.73 bits per heavy atom. The van der Waals surface area contributed by atoms with Crippen molar-refractivity contribution in [2.45, 2.75) is 63.1 Å². The Bertz CT molecular complexity index is 1860. The molecular formula is C35H36F2N6O2. The van der Waals surface area contributed by atoms with Gasteiger partial charge in [-0.2, -0.15) is 9.97 Å². The lowest BCUT2D eigenvalue weighted by Crippen LogP contribution is -2.51. The lowest BCUT2D eigenvalue weighted by molar-refractivity contribution is 0.0550. The Labute approximate surface area is 260 Å². The van der Waals surface area contributed by atoms with Crippen LogP contribution < -0.4 is 15.0 Å². The molecule has 3 saturated heterocycles. The van der Waals surface area contributed by atoms with Crippen LogP contribution in [0.2, 0.25) is 0 Å². The van der Waals surface area contributed by atoms with Gasteiger partial charge in [0.15, 0.2) is 5.82 Å². The Balaban J connectivity index is 1.27. The van der Waals surface area contributed by atoms with Gasteiger partial charge >= 0.3 is 6.01 Å². The monoisotopic (exact) mass is 610 g/mol. The second kappa shape index (κ2) is 10.8. The number of nitrogens with zero attached hydrogens (tertiary/aromatic N) is 5. The van der Waals surface area contributed by atoms with E-state index in [1.807, 2.05) is 0 Å². The van der Waals surface area contributed by atoms with E-state index in [1.54, 1.807) is 6.20 Å². The Morgan fingerprint density at radius 1 is 1.11 bits per heavy atom. The number of hydrogen-bond donors (Lipinski definition) is 2. The van der Waals surface area contributed by atoms with Crippen LogP contribution in [0.15, 0.2) is 30.5 Å². The van der Waals surface area contributed by atoms with Crippen LogP contribution in [0.1, 0.15) is 50.5 Å². The van der Waals surface area contributed by atoms with Gasteiger partial charge in [-0.3, -0.25) is 4.98 Å². The molecule has 2 aromatic carbocycles. The van der Waals surface area contributed by atoms with Crippen molar-refractivity contribution in [2.75, 3.05) is 38.2 Å². The predicted octanol–water partition coefficient (Wildman–Crippen LogP) is 5.39. The Hall–Kier alpha value is -4.07. The topological polar surface area (TPSA) is 86.6 Å². The molecule has 1 saturated carbocycles. The molecule has 3 aliphatic heterocycles. The minimum absolute atomic E-state index is 0.0182. The Kier molecular flexibility index (Phi) is 6.80. The highest BCUT2D eigenvalue weighted by Crippen LogP contribution is 2.47. The summed E-state index contributed by atoms with van der Waals surface area (Å²) in [6.45, 7) is 2.99. The van der Waals surface area contributed by atoms with E-state index in [0.29, 0.717) is 46.7 Å². The number of terminal acetylenes is 1. The predicted molar refractivity (Wildman–Crippen MR) is 169 cm³/mol. The third-order valence-corrected chi connectivity index (χ3v) is 10.7. The molecule has 2 bridgehead atoms. The first-order valence-electron chi connectivity index (χ1n) is 16.0. The zero-order chi connectivity index (χ0) is 30.9. The summed E-state index contributed by atoms with van der Waals surface area (Å²) in [6.07, 6.45) is 15.1. The maximum atomic E-state index is 16.8. The third kappa shape index (κ3) is 4.67. The van der Waals surface area contributed by atoms with Crippen molar-refractivity contribution in [1.82, 2.24) is 25.2 Å². The lowest BCUT2D eigenvalue weighted by Gasteiger charge is -2.40. The highest BCUT2D eigenvalue weighted by atomic mass is 19.1. The van der Waals surface area contributed by atoms with Crippen LogP contribution in [-0.4, -0.2) is 76.4 Å². The van der Waals surface area contributed by atoms with E-state index in [4.69, 9.17) is 16.1 Å². The maximum absolute atomic E-state index is 16.8. The smallest absolute Gasteiger partial charge is 0.319 e. The number of likely N-dealkylation sites (tertiary alicyclic amines) is 1. The van der Waals surface area contributed by atoms with Crippen LogP contribution in [0.5, 0.6) is 11.8 Å². The molecule has 1 aliphatic carbocycles. The number of piperazine rings is 1. The summed E-state index contributed by atoms with van der Waals surface area (Å²) in [4.78, 5) is 18.7. The van der Waals surface area contributed by atoms with E-state index in [2.05, 4.69) is 38.1 Å². The number of rotatable bonds is 5. The second-order valence-electron chi connectivity index (χ2n) is 13.4. The van der Waals surface area contributed by atoms with Crippen molar-refractivity contribution in [3.63, 3.8) is 0 Å². The summed E-state index contributed by atoms with van der Waals surface area (Å²) < 4.78 is 38.1. The van der Waals surface area contributed by atoms with E-state index >= 15 is 4.39 Å². The molecule has 4 aliphatic rings. The summed E-state index contributed by atoms with van der Waals surface area (Å²) in [5.41, 5.74) is 0.192. The number of benzene rings is 2. The normalized spacial score (nSPS) is 26.4. The first-order valence-corrected chi connectivity index (χ1v) is 16.0. The molecule has 8 nitrogen and oxygen atoms in total. The first-order chi connectivity index (χ1) is 21.8. The molecule has 232 valence electrons. The van der Waals surface area contributed by atoms with Gasteiger partial charge in [0.25, 0.3) is 0 Å². The first kappa shape index (κ1) is 28.4. The van der Waals surface area contributed by atoms with Gasteiger partial charge in [0.05, 0.1) is 17.6 Å². The highest BCUT2D eigenvalue weighted by Gasteiger charge is 2.48. The van der Waals surface area contributed by atoms with Crippen LogP contribution in [0, 0.1) is 29.4 Å². The lowest BCUT2D eigenvalue weighted by atomic mass is 9.71. The molecule has 4 fully saturated rings. The molecule has 0 radical (unpaired) electrons. The molecule has 4 unspecified atom stereocenters. The van der Waals surface area contributed by atoms with Gasteiger partial charge in [-0.25, -0.2) is 8.78 Å². The molecule has 4 atom stereocenters. The van der Waals surface area contributed by atoms with E-state index in [-0.39, 0.29) is 39.5 Å². The number of phenols is 1. The highest BCUT2D eigenvalue weighted by molar-refractivity contribution is 6.03. The number of ether oxygens (including phenoxy) is 1. The van der Waals surface area contributed by atoms with Gasteiger partial charge < -0.3 is 25.0 Å². The average Bonchev–Trinajstić information content (AvgIpc) is 3.57. The molecule has 5 heterocycles. The molecule has 2 aromatic heterocycles. The van der Waals surface area contributed by atoms with Gasteiger partial charge in [-0.15, -0.1) is 6.42 Å². The van der Waals surface area contributed by atoms with Crippen LogP contribution in [0.3, 0.4) is 0 Å². The number of pyridine rings is 1. The van der Waals surface area contributed by atoms with Crippen molar-refractivity contribution in [1.29, 1.82) is 0 Å². The number of fused-ring (bicyclic) bond motifs is 5. The molecule has 8 rings (SSSR count). The molecule has 10 heteroatoms. The van der Waals surface area contributed by atoms with Crippen LogP contribution >= 0.6 is 0 Å². The summed E-state index contributed by atoms with van der Waals surface area (Å²) in [7, 11) is 2.19. The quantitative estimate of drug-likeness (QED) is 0.291. The number of phenolic OH excluding ortho intramolecular Hbond substituents is 1. The Morgan fingerprint density at radius 2 is 1.93 bits per heavy atom. The summed E-state index contributed by atoms with van der Waals surface area (Å²) >= 11 is 0. The largest absolute Gasteiger partial charge is 0.508 e. The van der Waals surface area contributed by atoms with Gasteiger partial charge in [-0.05, 0) is 69.3 Å². The van der Waals surface area contributed by atoms with Crippen molar-refractivity contribution in [2.24, 2.45) is 5.41 Å². The number of aromatic hydroxyl groups is 1. The van der Waals surface area contributed by atoms with Crippen LogP contribution in [0.4, 0.5) is 14.6 Å². The van der Waals surface area contributed by atoms with Crippen molar-refractivity contribution < 1.29 is 18.6 Å². The maximum Gasteiger partial charge on any atom is 0.319 e. The summed E-state index contributed by atoms with van der Waals surface area (Å²) in [5, 5.41) is 15.5. The molecule has 2 N–H and O–H groups in total. The van der Waals surface area contributed by atoms with Gasteiger partial charge in [0.1, 0.15) is 28.6 Å².